The molecule has 0 amide bonds. The standard InChI is InChI=1S/C32H31N5O3/c1-37(2)15-16-39-17-18-40-26-11-5-22(6-12-26)32-34-28-14-8-24(20-30(28)36-32)23-7-13-27-29(19-23)35-31(33-27)21-3-9-25(38)10-4-21/h3-14,19-20,38H,15-18H2,1-2H3,(H,33,35)(H,34,36). The lowest BCUT2D eigenvalue weighted by Crippen LogP contribution is -2.19. The second kappa shape index (κ2) is 11.2. The van der Waals surface area contributed by atoms with E-state index >= 15 is 0 Å². The maximum Gasteiger partial charge on any atom is 0.138 e. The zero-order valence-electron chi connectivity index (χ0n) is 22.5. The van der Waals surface area contributed by atoms with Crippen molar-refractivity contribution in [2.24, 2.45) is 0 Å². The largest absolute Gasteiger partial charge is 0.508 e. The molecule has 4 aromatic carbocycles. The van der Waals surface area contributed by atoms with Crippen molar-refractivity contribution in [1.29, 1.82) is 0 Å². The van der Waals surface area contributed by atoms with Crippen molar-refractivity contribution in [2.75, 3.05) is 40.5 Å². The molecule has 0 saturated carbocycles. The van der Waals surface area contributed by atoms with Gasteiger partial charge >= 0.3 is 0 Å². The van der Waals surface area contributed by atoms with Crippen LogP contribution < -0.4 is 4.74 Å². The van der Waals surface area contributed by atoms with Gasteiger partial charge in [-0.1, -0.05) is 12.1 Å². The highest BCUT2D eigenvalue weighted by Gasteiger charge is 2.10. The first-order chi connectivity index (χ1) is 19.5. The van der Waals surface area contributed by atoms with E-state index in [1.807, 2.05) is 56.6 Å². The minimum Gasteiger partial charge on any atom is -0.508 e. The topological polar surface area (TPSA) is 99.3 Å². The predicted octanol–water partition coefficient (Wildman–Crippen LogP) is 6.10. The number of fused-ring (bicyclic) bond motifs is 2. The third-order valence-corrected chi connectivity index (χ3v) is 6.75. The third kappa shape index (κ3) is 5.68. The normalized spacial score (nSPS) is 11.6. The molecule has 0 atom stereocenters. The number of phenolic OH excluding ortho intramolecular Hbond substituents is 1. The predicted molar refractivity (Wildman–Crippen MR) is 159 cm³/mol. The first-order valence-corrected chi connectivity index (χ1v) is 13.3. The molecule has 0 aliphatic carbocycles. The van der Waals surface area contributed by atoms with Crippen LogP contribution in [-0.2, 0) is 4.74 Å². The second-order valence-corrected chi connectivity index (χ2v) is 9.97. The summed E-state index contributed by atoms with van der Waals surface area (Å²) in [4.78, 5) is 18.5. The van der Waals surface area contributed by atoms with Gasteiger partial charge in [-0.3, -0.25) is 0 Å². The quantitative estimate of drug-likeness (QED) is 0.184. The summed E-state index contributed by atoms with van der Waals surface area (Å²) in [5.74, 6) is 2.62. The molecule has 6 rings (SSSR count). The molecule has 0 aliphatic rings. The number of ether oxygens (including phenoxy) is 2. The molecule has 2 heterocycles. The molecular formula is C32H31N5O3. The highest BCUT2D eigenvalue weighted by Crippen LogP contribution is 2.30. The molecule has 0 unspecified atom stereocenters. The highest BCUT2D eigenvalue weighted by atomic mass is 16.5. The lowest BCUT2D eigenvalue weighted by molar-refractivity contribution is 0.0890. The zero-order valence-corrected chi connectivity index (χ0v) is 22.5. The van der Waals surface area contributed by atoms with Gasteiger partial charge in [-0.25, -0.2) is 9.97 Å². The Labute approximate surface area is 232 Å². The van der Waals surface area contributed by atoms with E-state index in [9.17, 15) is 5.11 Å². The molecule has 3 N–H and O–H groups in total. The summed E-state index contributed by atoms with van der Waals surface area (Å²) < 4.78 is 11.4. The van der Waals surface area contributed by atoms with E-state index in [4.69, 9.17) is 19.4 Å². The van der Waals surface area contributed by atoms with Gasteiger partial charge in [-0.2, -0.15) is 0 Å². The average Bonchev–Trinajstić information content (AvgIpc) is 3.59. The SMILES string of the molecule is CN(C)CCOCCOc1ccc(-c2nc3cc(-c4ccc5[nH]c(-c6ccc(O)cc6)nc5c4)ccc3[nH]2)cc1. The summed E-state index contributed by atoms with van der Waals surface area (Å²) in [5, 5.41) is 9.57. The van der Waals surface area contributed by atoms with Crippen molar-refractivity contribution in [2.45, 2.75) is 0 Å². The van der Waals surface area contributed by atoms with Gasteiger partial charge in [-0.15, -0.1) is 0 Å². The molecular weight excluding hydrogens is 502 g/mol. The third-order valence-electron chi connectivity index (χ3n) is 6.75. The summed E-state index contributed by atoms with van der Waals surface area (Å²) in [6.45, 7) is 2.68. The van der Waals surface area contributed by atoms with Gasteiger partial charge < -0.3 is 29.4 Å². The van der Waals surface area contributed by atoms with Gasteiger partial charge in [-0.05, 0) is 98.0 Å². The minimum atomic E-state index is 0.234. The van der Waals surface area contributed by atoms with E-state index in [2.05, 4.69) is 45.2 Å². The number of phenols is 1. The molecule has 202 valence electrons. The van der Waals surface area contributed by atoms with Crippen molar-refractivity contribution in [3.05, 3.63) is 84.9 Å². The van der Waals surface area contributed by atoms with Gasteiger partial charge in [0.25, 0.3) is 0 Å². The molecule has 6 aromatic rings. The van der Waals surface area contributed by atoms with Crippen LogP contribution in [0.15, 0.2) is 84.9 Å². The molecule has 0 aliphatic heterocycles. The van der Waals surface area contributed by atoms with Crippen LogP contribution in [0.1, 0.15) is 0 Å². The van der Waals surface area contributed by atoms with Crippen LogP contribution in [0, 0.1) is 0 Å². The van der Waals surface area contributed by atoms with Gasteiger partial charge in [0.15, 0.2) is 0 Å². The fourth-order valence-corrected chi connectivity index (χ4v) is 4.54. The van der Waals surface area contributed by atoms with Crippen LogP contribution in [0.4, 0.5) is 0 Å². The van der Waals surface area contributed by atoms with Crippen LogP contribution >= 0.6 is 0 Å². The van der Waals surface area contributed by atoms with Crippen molar-refractivity contribution >= 4 is 22.1 Å². The number of hydrogen-bond acceptors (Lipinski definition) is 6. The molecule has 0 radical (unpaired) electrons. The number of aromatic nitrogens is 4. The van der Waals surface area contributed by atoms with E-state index in [-0.39, 0.29) is 5.75 Å². The maximum absolute atomic E-state index is 9.57. The average molecular weight is 534 g/mol. The van der Waals surface area contributed by atoms with Crippen LogP contribution in [0.3, 0.4) is 0 Å². The Morgan fingerprint density at radius 1 is 0.650 bits per heavy atom. The number of benzene rings is 4. The molecule has 8 nitrogen and oxygen atoms in total. The zero-order chi connectivity index (χ0) is 27.5. The molecule has 2 aromatic heterocycles. The fourth-order valence-electron chi connectivity index (χ4n) is 4.54. The monoisotopic (exact) mass is 533 g/mol. The van der Waals surface area contributed by atoms with Crippen molar-refractivity contribution in [1.82, 2.24) is 24.8 Å². The van der Waals surface area contributed by atoms with E-state index in [1.165, 1.54) is 0 Å². The molecule has 0 bridgehead atoms. The number of imidazole rings is 2. The van der Waals surface area contributed by atoms with E-state index in [1.54, 1.807) is 12.1 Å². The lowest BCUT2D eigenvalue weighted by atomic mass is 10.0. The number of aromatic amines is 2. The van der Waals surface area contributed by atoms with Crippen LogP contribution in [0.5, 0.6) is 11.5 Å². The smallest absolute Gasteiger partial charge is 0.138 e. The van der Waals surface area contributed by atoms with Gasteiger partial charge in [0.05, 0.1) is 35.3 Å². The van der Waals surface area contributed by atoms with Gasteiger partial charge in [0.1, 0.15) is 29.8 Å². The lowest BCUT2D eigenvalue weighted by Gasteiger charge is -2.10. The number of nitrogens with zero attached hydrogens (tertiary/aromatic N) is 3. The Hall–Kier alpha value is -4.66. The Morgan fingerprint density at radius 2 is 1.18 bits per heavy atom. The summed E-state index contributed by atoms with van der Waals surface area (Å²) in [7, 11) is 4.06. The Kier molecular flexibility index (Phi) is 7.18. The Morgan fingerprint density at radius 3 is 1.73 bits per heavy atom. The number of hydrogen-bond donors (Lipinski definition) is 3. The molecule has 0 fully saturated rings. The van der Waals surface area contributed by atoms with E-state index in [0.29, 0.717) is 19.8 Å². The summed E-state index contributed by atoms with van der Waals surface area (Å²) in [6, 6.07) is 27.4. The first kappa shape index (κ1) is 25.6. The van der Waals surface area contributed by atoms with E-state index in [0.717, 1.165) is 68.3 Å². The summed E-state index contributed by atoms with van der Waals surface area (Å²) in [6.07, 6.45) is 0. The van der Waals surface area contributed by atoms with E-state index < -0.39 is 0 Å². The molecule has 0 saturated heterocycles. The molecule has 0 spiro atoms. The highest BCUT2D eigenvalue weighted by molar-refractivity contribution is 5.88. The number of aromatic hydroxyl groups is 1. The van der Waals surface area contributed by atoms with Crippen molar-refractivity contribution in [3.8, 4) is 45.4 Å². The summed E-state index contributed by atoms with van der Waals surface area (Å²) >= 11 is 0. The molecule has 8 heteroatoms. The van der Waals surface area contributed by atoms with Gasteiger partial charge in [0, 0.05) is 17.7 Å². The Balaban J connectivity index is 1.15. The molecule has 40 heavy (non-hydrogen) atoms. The minimum absolute atomic E-state index is 0.234. The van der Waals surface area contributed by atoms with Gasteiger partial charge in [0.2, 0.25) is 0 Å². The fraction of sp³-hybridized carbons (Fsp3) is 0.188. The number of rotatable bonds is 10. The van der Waals surface area contributed by atoms with Crippen molar-refractivity contribution < 1.29 is 14.6 Å². The Bertz CT molecular complexity index is 1740. The second-order valence-electron chi connectivity index (χ2n) is 9.97. The number of nitrogens with one attached hydrogen (secondary N) is 2. The number of H-pyrrole nitrogens is 2. The van der Waals surface area contributed by atoms with Crippen LogP contribution in [-0.4, -0.2) is 70.4 Å². The number of likely N-dealkylation sites (N-methyl/N-ethyl adjacent to an activating group) is 1. The van der Waals surface area contributed by atoms with Crippen LogP contribution in [0.25, 0.3) is 56.0 Å². The first-order valence-electron chi connectivity index (χ1n) is 13.3. The van der Waals surface area contributed by atoms with Crippen molar-refractivity contribution in [3.63, 3.8) is 0 Å². The van der Waals surface area contributed by atoms with Crippen LogP contribution in [0.2, 0.25) is 0 Å². The summed E-state index contributed by atoms with van der Waals surface area (Å²) in [5.41, 5.74) is 7.76. The maximum atomic E-state index is 9.57.